The number of hydrogen-bond acceptors (Lipinski definition) is 3. The number of ketones is 1. The number of rotatable bonds is 3. The first-order chi connectivity index (χ1) is 10.9. The van der Waals surface area contributed by atoms with Crippen molar-refractivity contribution in [3.63, 3.8) is 0 Å². The molecule has 0 N–H and O–H groups in total. The van der Waals surface area contributed by atoms with Crippen LogP contribution in [-0.4, -0.2) is 16.4 Å². The Hall–Kier alpha value is -2.07. The maximum Gasteiger partial charge on any atom is 0.243 e. The zero-order chi connectivity index (χ0) is 16.6. The standard InChI is InChI=1S/C19H19NO2S/c1-13(21)15-9-10-17-16(11-15)20(18(22)19(2,3)23-17)12-14-7-5-4-6-8-14/h4-11H,12H2,1-3H3. The lowest BCUT2D eigenvalue weighted by Gasteiger charge is -2.38. The monoisotopic (exact) mass is 325 g/mol. The van der Waals surface area contributed by atoms with Gasteiger partial charge in [-0.25, -0.2) is 0 Å². The van der Waals surface area contributed by atoms with Crippen LogP contribution in [0.5, 0.6) is 0 Å². The lowest BCUT2D eigenvalue weighted by molar-refractivity contribution is -0.120. The molecule has 0 spiro atoms. The van der Waals surface area contributed by atoms with Gasteiger partial charge in [0.15, 0.2) is 5.78 Å². The zero-order valence-corrected chi connectivity index (χ0v) is 14.3. The van der Waals surface area contributed by atoms with E-state index in [-0.39, 0.29) is 11.7 Å². The summed E-state index contributed by atoms with van der Waals surface area (Å²) < 4.78 is -0.514. The number of thioether (sulfide) groups is 1. The van der Waals surface area contributed by atoms with Crippen LogP contribution in [0.15, 0.2) is 53.4 Å². The van der Waals surface area contributed by atoms with E-state index >= 15 is 0 Å². The fourth-order valence-electron chi connectivity index (χ4n) is 2.71. The van der Waals surface area contributed by atoms with Crippen LogP contribution in [0.4, 0.5) is 5.69 Å². The van der Waals surface area contributed by atoms with Gasteiger partial charge < -0.3 is 4.90 Å². The van der Waals surface area contributed by atoms with Crippen molar-refractivity contribution in [2.45, 2.75) is 37.0 Å². The molecule has 0 saturated carbocycles. The summed E-state index contributed by atoms with van der Waals surface area (Å²) in [5, 5.41) is 0. The van der Waals surface area contributed by atoms with E-state index in [4.69, 9.17) is 0 Å². The molecule has 1 heterocycles. The first-order valence-corrected chi connectivity index (χ1v) is 8.40. The summed E-state index contributed by atoms with van der Waals surface area (Å²) in [4.78, 5) is 27.4. The number of anilines is 1. The van der Waals surface area contributed by atoms with Gasteiger partial charge in [-0.05, 0) is 38.5 Å². The average molecular weight is 325 g/mol. The van der Waals surface area contributed by atoms with E-state index < -0.39 is 4.75 Å². The number of Topliss-reactive ketones (excluding diaryl/α,β-unsaturated/α-hetero) is 1. The summed E-state index contributed by atoms with van der Waals surface area (Å²) in [6.45, 7) is 5.95. The highest BCUT2D eigenvalue weighted by Crippen LogP contribution is 2.45. The minimum absolute atomic E-state index is 0.00902. The number of fused-ring (bicyclic) bond motifs is 1. The molecule has 0 fully saturated rings. The third-order valence-electron chi connectivity index (χ3n) is 3.97. The van der Waals surface area contributed by atoms with Gasteiger partial charge in [0.1, 0.15) is 0 Å². The molecular formula is C19H19NO2S. The SMILES string of the molecule is CC(=O)c1ccc2c(c1)N(Cc1ccccc1)C(=O)C(C)(C)S2. The molecule has 118 valence electrons. The number of nitrogens with zero attached hydrogens (tertiary/aromatic N) is 1. The van der Waals surface area contributed by atoms with Crippen LogP contribution in [0.3, 0.4) is 0 Å². The average Bonchev–Trinajstić information content (AvgIpc) is 2.52. The van der Waals surface area contributed by atoms with Crippen LogP contribution in [0.25, 0.3) is 0 Å². The van der Waals surface area contributed by atoms with Gasteiger partial charge in [-0.1, -0.05) is 36.4 Å². The first-order valence-electron chi connectivity index (χ1n) is 7.58. The predicted octanol–water partition coefficient (Wildman–Crippen LogP) is 4.31. The minimum atomic E-state index is -0.514. The third-order valence-corrected chi connectivity index (χ3v) is 5.22. The number of benzene rings is 2. The van der Waals surface area contributed by atoms with Crippen molar-refractivity contribution < 1.29 is 9.59 Å². The van der Waals surface area contributed by atoms with Gasteiger partial charge in [-0.15, -0.1) is 11.8 Å². The van der Waals surface area contributed by atoms with Gasteiger partial charge in [0, 0.05) is 10.5 Å². The molecule has 0 aromatic heterocycles. The van der Waals surface area contributed by atoms with Crippen molar-refractivity contribution >= 4 is 29.1 Å². The number of carbonyl (C=O) groups excluding carboxylic acids is 2. The smallest absolute Gasteiger partial charge is 0.243 e. The second kappa shape index (κ2) is 5.85. The van der Waals surface area contributed by atoms with Crippen molar-refractivity contribution in [2.24, 2.45) is 0 Å². The second-order valence-electron chi connectivity index (χ2n) is 6.23. The fourth-order valence-corrected chi connectivity index (χ4v) is 3.87. The normalized spacial score (nSPS) is 16.1. The topological polar surface area (TPSA) is 37.4 Å². The zero-order valence-electron chi connectivity index (χ0n) is 13.5. The minimum Gasteiger partial charge on any atom is -0.306 e. The summed E-state index contributed by atoms with van der Waals surface area (Å²) in [6.07, 6.45) is 0. The Kier molecular flexibility index (Phi) is 4.02. The molecule has 4 heteroatoms. The van der Waals surface area contributed by atoms with Crippen molar-refractivity contribution in [3.8, 4) is 0 Å². The van der Waals surface area contributed by atoms with E-state index in [9.17, 15) is 9.59 Å². The summed E-state index contributed by atoms with van der Waals surface area (Å²) in [5.74, 6) is 0.0781. The number of carbonyl (C=O) groups is 2. The fraction of sp³-hybridized carbons (Fsp3) is 0.263. The van der Waals surface area contributed by atoms with E-state index in [0.717, 1.165) is 16.1 Å². The van der Waals surface area contributed by atoms with Crippen LogP contribution in [0, 0.1) is 0 Å². The quantitative estimate of drug-likeness (QED) is 0.789. The predicted molar refractivity (Wildman–Crippen MR) is 94.0 cm³/mol. The van der Waals surface area contributed by atoms with Gasteiger partial charge >= 0.3 is 0 Å². The lowest BCUT2D eigenvalue weighted by Crippen LogP contribution is -2.46. The number of hydrogen-bond donors (Lipinski definition) is 0. The molecule has 0 saturated heterocycles. The Morgan fingerprint density at radius 2 is 1.83 bits per heavy atom. The summed E-state index contributed by atoms with van der Waals surface area (Å²) >= 11 is 1.55. The molecule has 2 aromatic rings. The Labute approximate surface area is 140 Å². The summed E-state index contributed by atoms with van der Waals surface area (Å²) in [5.41, 5.74) is 2.54. The maximum atomic E-state index is 12.9. The van der Waals surface area contributed by atoms with Gasteiger partial charge in [0.2, 0.25) is 5.91 Å². The Balaban J connectivity index is 2.07. The highest BCUT2D eigenvalue weighted by molar-refractivity contribution is 8.01. The molecule has 0 unspecified atom stereocenters. The van der Waals surface area contributed by atoms with Crippen LogP contribution < -0.4 is 4.90 Å². The summed E-state index contributed by atoms with van der Waals surface area (Å²) in [6, 6.07) is 15.5. The van der Waals surface area contributed by atoms with Crippen LogP contribution in [0.2, 0.25) is 0 Å². The maximum absolute atomic E-state index is 12.9. The van der Waals surface area contributed by atoms with Crippen molar-refractivity contribution in [1.29, 1.82) is 0 Å². The molecule has 0 bridgehead atoms. The van der Waals surface area contributed by atoms with Crippen molar-refractivity contribution in [1.82, 2.24) is 0 Å². The largest absolute Gasteiger partial charge is 0.306 e. The molecular weight excluding hydrogens is 306 g/mol. The molecule has 1 aliphatic rings. The van der Waals surface area contributed by atoms with Crippen LogP contribution in [0.1, 0.15) is 36.7 Å². The van der Waals surface area contributed by atoms with Crippen LogP contribution in [-0.2, 0) is 11.3 Å². The molecule has 23 heavy (non-hydrogen) atoms. The Morgan fingerprint density at radius 3 is 2.48 bits per heavy atom. The van der Waals surface area contributed by atoms with E-state index in [1.807, 2.05) is 62.4 Å². The van der Waals surface area contributed by atoms with E-state index in [2.05, 4.69) is 0 Å². The highest BCUT2D eigenvalue weighted by atomic mass is 32.2. The van der Waals surface area contributed by atoms with Crippen molar-refractivity contribution in [2.75, 3.05) is 4.90 Å². The van der Waals surface area contributed by atoms with Gasteiger partial charge in [0.25, 0.3) is 0 Å². The van der Waals surface area contributed by atoms with E-state index in [1.165, 1.54) is 0 Å². The van der Waals surface area contributed by atoms with Crippen molar-refractivity contribution in [3.05, 3.63) is 59.7 Å². The molecule has 2 aromatic carbocycles. The molecule has 1 aliphatic heterocycles. The highest BCUT2D eigenvalue weighted by Gasteiger charge is 2.39. The molecule has 0 aliphatic carbocycles. The van der Waals surface area contributed by atoms with E-state index in [0.29, 0.717) is 12.1 Å². The van der Waals surface area contributed by atoms with E-state index in [1.54, 1.807) is 23.6 Å². The van der Waals surface area contributed by atoms with Gasteiger partial charge in [-0.3, -0.25) is 9.59 Å². The molecule has 3 rings (SSSR count). The third kappa shape index (κ3) is 3.04. The molecule has 0 atom stereocenters. The Bertz CT molecular complexity index is 768. The number of amides is 1. The lowest BCUT2D eigenvalue weighted by atomic mass is 10.1. The second-order valence-corrected chi connectivity index (χ2v) is 7.89. The van der Waals surface area contributed by atoms with Gasteiger partial charge in [-0.2, -0.15) is 0 Å². The molecule has 3 nitrogen and oxygen atoms in total. The van der Waals surface area contributed by atoms with Crippen LogP contribution >= 0.6 is 11.8 Å². The molecule has 1 amide bonds. The summed E-state index contributed by atoms with van der Waals surface area (Å²) in [7, 11) is 0. The first kappa shape index (κ1) is 15.8. The Morgan fingerprint density at radius 1 is 1.13 bits per heavy atom. The van der Waals surface area contributed by atoms with Gasteiger partial charge in [0.05, 0.1) is 17.0 Å². The molecule has 0 radical (unpaired) electrons.